The molecular formula is C30H32N2O5. The maximum Gasteiger partial charge on any atom is 0.308 e. The van der Waals surface area contributed by atoms with Gasteiger partial charge in [0.1, 0.15) is 6.10 Å². The fraction of sp³-hybridized carbons (Fsp3) is 0.467. The molecule has 0 aromatic heterocycles. The van der Waals surface area contributed by atoms with E-state index in [0.717, 1.165) is 28.8 Å². The number of hydrogen-bond acceptors (Lipinski definition) is 6. The first-order valence-electron chi connectivity index (χ1n) is 13.0. The highest BCUT2D eigenvalue weighted by atomic mass is 16.6. The van der Waals surface area contributed by atoms with Gasteiger partial charge in [-0.3, -0.25) is 9.59 Å². The summed E-state index contributed by atoms with van der Waals surface area (Å²) in [6.07, 6.45) is 2.07. The van der Waals surface area contributed by atoms with Crippen LogP contribution in [0.2, 0.25) is 0 Å². The number of piperidine rings is 1. The molecule has 7 nitrogen and oxygen atoms in total. The van der Waals surface area contributed by atoms with Crippen LogP contribution >= 0.6 is 0 Å². The number of carbonyl (C=O) groups excluding carboxylic acids is 2. The fourth-order valence-corrected chi connectivity index (χ4v) is 7.44. The summed E-state index contributed by atoms with van der Waals surface area (Å²) in [4.78, 5) is 29.1. The van der Waals surface area contributed by atoms with Gasteiger partial charge in [0.2, 0.25) is 0 Å². The van der Waals surface area contributed by atoms with Gasteiger partial charge in [-0.15, -0.1) is 0 Å². The largest absolute Gasteiger partial charge is 0.483 e. The second-order valence-electron chi connectivity index (χ2n) is 11.0. The Morgan fingerprint density at radius 3 is 2.81 bits per heavy atom. The average Bonchev–Trinajstić information content (AvgIpc) is 3.21. The van der Waals surface area contributed by atoms with Crippen molar-refractivity contribution in [2.45, 2.75) is 68.7 Å². The molecule has 1 amide bonds. The molecule has 5 atom stereocenters. The summed E-state index contributed by atoms with van der Waals surface area (Å²) >= 11 is 0. The summed E-state index contributed by atoms with van der Waals surface area (Å²) in [6, 6.07) is 11.2. The SMILES string of the molecule is CC(=O)Oc1ccc2c3c1O[C@H]1[C@@H](N(C)C(=O)C#Cc4cccc(C)c4)CC[C@@]4(O)[C@@H](C2)N(C)CC[C@]314. The van der Waals surface area contributed by atoms with Crippen LogP contribution in [0.25, 0.3) is 0 Å². The highest BCUT2D eigenvalue weighted by Crippen LogP contribution is 2.65. The van der Waals surface area contributed by atoms with Crippen LogP contribution in [0.1, 0.15) is 48.4 Å². The highest BCUT2D eigenvalue weighted by molar-refractivity contribution is 5.94. The molecule has 192 valence electrons. The van der Waals surface area contributed by atoms with Crippen LogP contribution in [0.15, 0.2) is 36.4 Å². The molecule has 0 unspecified atom stereocenters. The van der Waals surface area contributed by atoms with E-state index in [4.69, 9.17) is 9.47 Å². The number of esters is 1. The number of nitrogens with zero attached hydrogens (tertiary/aromatic N) is 2. The monoisotopic (exact) mass is 500 g/mol. The molecule has 0 radical (unpaired) electrons. The number of rotatable bonds is 2. The van der Waals surface area contributed by atoms with Crippen molar-refractivity contribution in [2.75, 3.05) is 20.6 Å². The van der Waals surface area contributed by atoms with Crippen LogP contribution in [0.3, 0.4) is 0 Å². The van der Waals surface area contributed by atoms with Crippen LogP contribution in [-0.2, 0) is 21.4 Å². The Morgan fingerprint density at radius 2 is 2.05 bits per heavy atom. The van der Waals surface area contributed by atoms with Gasteiger partial charge in [-0.1, -0.05) is 24.1 Å². The number of aryl methyl sites for hydroxylation is 1. The second kappa shape index (κ2) is 8.34. The summed E-state index contributed by atoms with van der Waals surface area (Å²) < 4.78 is 12.2. The Hall–Kier alpha value is -3.34. The average molecular weight is 501 g/mol. The van der Waals surface area contributed by atoms with Crippen LogP contribution in [0.5, 0.6) is 11.5 Å². The van der Waals surface area contributed by atoms with Crippen molar-refractivity contribution in [3.63, 3.8) is 0 Å². The van der Waals surface area contributed by atoms with Crippen LogP contribution in [-0.4, -0.2) is 71.2 Å². The van der Waals surface area contributed by atoms with Gasteiger partial charge in [-0.2, -0.15) is 0 Å². The Balaban J connectivity index is 1.41. The van der Waals surface area contributed by atoms with E-state index in [-0.39, 0.29) is 18.0 Å². The molecule has 2 bridgehead atoms. The smallest absolute Gasteiger partial charge is 0.308 e. The second-order valence-corrected chi connectivity index (χ2v) is 11.0. The third-order valence-corrected chi connectivity index (χ3v) is 9.09. The maximum atomic E-state index is 13.3. The van der Waals surface area contributed by atoms with Crippen molar-refractivity contribution in [3.05, 3.63) is 58.7 Å². The van der Waals surface area contributed by atoms with Crippen molar-refractivity contribution in [3.8, 4) is 23.3 Å². The molecular weight excluding hydrogens is 468 g/mol. The van der Waals surface area contributed by atoms with E-state index in [1.165, 1.54) is 6.92 Å². The molecule has 2 aromatic rings. The normalized spacial score (nSPS) is 30.9. The van der Waals surface area contributed by atoms with Gasteiger partial charge in [0.15, 0.2) is 11.5 Å². The first-order chi connectivity index (χ1) is 17.7. The van der Waals surface area contributed by atoms with Gasteiger partial charge in [-0.25, -0.2) is 0 Å². The zero-order valence-electron chi connectivity index (χ0n) is 21.7. The van der Waals surface area contributed by atoms with Gasteiger partial charge in [0, 0.05) is 37.1 Å². The van der Waals surface area contributed by atoms with E-state index in [1.807, 2.05) is 37.3 Å². The number of amides is 1. The van der Waals surface area contributed by atoms with Gasteiger partial charge >= 0.3 is 5.97 Å². The number of likely N-dealkylation sites (N-methyl/N-ethyl adjacent to an activating group) is 2. The lowest BCUT2D eigenvalue weighted by Gasteiger charge is -2.64. The van der Waals surface area contributed by atoms with Gasteiger partial charge in [0.25, 0.3) is 5.91 Å². The minimum Gasteiger partial charge on any atom is -0.483 e. The molecule has 1 spiro atoms. The molecule has 7 heteroatoms. The van der Waals surface area contributed by atoms with Crippen LogP contribution < -0.4 is 9.47 Å². The number of hydrogen-bond donors (Lipinski definition) is 1. The molecule has 1 saturated carbocycles. The molecule has 2 fully saturated rings. The van der Waals surface area contributed by atoms with E-state index in [2.05, 4.69) is 23.8 Å². The van der Waals surface area contributed by atoms with E-state index in [9.17, 15) is 14.7 Å². The summed E-state index contributed by atoms with van der Waals surface area (Å²) in [5.74, 6) is 6.02. The number of aliphatic hydroxyl groups is 1. The number of benzene rings is 2. The molecule has 2 aromatic carbocycles. The molecule has 37 heavy (non-hydrogen) atoms. The van der Waals surface area contributed by atoms with Crippen molar-refractivity contribution in [1.29, 1.82) is 0 Å². The van der Waals surface area contributed by atoms with E-state index >= 15 is 0 Å². The Morgan fingerprint density at radius 1 is 1.24 bits per heavy atom. The predicted molar refractivity (Wildman–Crippen MR) is 137 cm³/mol. The molecule has 2 heterocycles. The molecule has 1 N–H and O–H groups in total. The predicted octanol–water partition coefficient (Wildman–Crippen LogP) is 2.58. The number of ether oxygens (including phenoxy) is 2. The van der Waals surface area contributed by atoms with E-state index in [0.29, 0.717) is 37.2 Å². The molecule has 2 aliphatic heterocycles. The van der Waals surface area contributed by atoms with Gasteiger partial charge < -0.3 is 24.4 Å². The van der Waals surface area contributed by atoms with Gasteiger partial charge in [0.05, 0.1) is 17.1 Å². The number of likely N-dealkylation sites (tertiary alicyclic amines) is 1. The summed E-state index contributed by atoms with van der Waals surface area (Å²) in [6.45, 7) is 4.17. The van der Waals surface area contributed by atoms with Crippen LogP contribution in [0.4, 0.5) is 0 Å². The Kier molecular flexibility index (Phi) is 5.41. The lowest BCUT2D eigenvalue weighted by Crippen LogP contribution is -2.77. The lowest BCUT2D eigenvalue weighted by molar-refractivity contribution is -0.195. The third-order valence-electron chi connectivity index (χ3n) is 9.09. The van der Waals surface area contributed by atoms with Crippen molar-refractivity contribution in [2.24, 2.45) is 0 Å². The number of carbonyl (C=O) groups is 2. The first-order valence-corrected chi connectivity index (χ1v) is 13.0. The standard InChI is InChI=1S/C30H32N2O5/c1-18-6-5-7-20(16-18)8-11-25(34)32(4)22-12-13-30(35)24-17-21-9-10-23(36-19(2)33)27-26(21)29(30,28(22)37-27)14-15-31(24)3/h5-7,9-10,16,22,24,28,35H,12-15,17H2,1-4H3/t22-,24+,28-,29-,30+/m0/s1. The zero-order chi connectivity index (χ0) is 26.1. The third kappa shape index (κ3) is 3.36. The van der Waals surface area contributed by atoms with E-state index in [1.54, 1.807) is 18.0 Å². The summed E-state index contributed by atoms with van der Waals surface area (Å²) in [5, 5.41) is 12.4. The lowest BCUT2D eigenvalue weighted by atomic mass is 9.48. The summed E-state index contributed by atoms with van der Waals surface area (Å²) in [7, 11) is 3.84. The Bertz CT molecular complexity index is 1380. The first kappa shape index (κ1) is 24.0. The Labute approximate surface area is 217 Å². The fourth-order valence-electron chi connectivity index (χ4n) is 7.44. The summed E-state index contributed by atoms with van der Waals surface area (Å²) in [5.41, 5.74) is 2.26. The highest BCUT2D eigenvalue weighted by Gasteiger charge is 2.73. The van der Waals surface area contributed by atoms with Gasteiger partial charge in [-0.05, 0) is 75.5 Å². The maximum absolute atomic E-state index is 13.3. The van der Waals surface area contributed by atoms with Crippen molar-refractivity contribution < 1.29 is 24.2 Å². The quantitative estimate of drug-likeness (QED) is 0.388. The minimum absolute atomic E-state index is 0.0477. The minimum atomic E-state index is -1.01. The van der Waals surface area contributed by atoms with Crippen LogP contribution in [0, 0.1) is 18.8 Å². The van der Waals surface area contributed by atoms with Crippen molar-refractivity contribution in [1.82, 2.24) is 9.80 Å². The molecule has 6 rings (SSSR count). The van der Waals surface area contributed by atoms with E-state index < -0.39 is 23.1 Å². The molecule has 2 aliphatic carbocycles. The topological polar surface area (TPSA) is 79.3 Å². The zero-order valence-corrected chi connectivity index (χ0v) is 21.7. The molecule has 1 saturated heterocycles. The molecule has 4 aliphatic rings. The van der Waals surface area contributed by atoms with Crippen molar-refractivity contribution >= 4 is 11.9 Å².